The molecule has 1 aliphatic rings. The van der Waals surface area contributed by atoms with Gasteiger partial charge in [0.2, 0.25) is 0 Å². The lowest BCUT2D eigenvalue weighted by Crippen LogP contribution is -2.45. The molecule has 0 amide bonds. The largest absolute Gasteiger partial charge is 0.308 e. The third-order valence-electron chi connectivity index (χ3n) is 3.65. The molecule has 2 rings (SSSR count). The van der Waals surface area contributed by atoms with Crippen molar-refractivity contribution in [3.8, 4) is 0 Å². The molecule has 1 fully saturated rings. The van der Waals surface area contributed by atoms with E-state index in [0.29, 0.717) is 11.7 Å². The number of piperazine rings is 1. The van der Waals surface area contributed by atoms with Crippen LogP contribution in [0.2, 0.25) is 0 Å². The Bertz CT molecular complexity index is 433. The molecule has 6 nitrogen and oxygen atoms in total. The molecule has 1 aliphatic heterocycles. The number of likely N-dealkylation sites (N-methyl/N-ethyl adjacent to an activating group) is 2. The van der Waals surface area contributed by atoms with Crippen LogP contribution in [0.15, 0.2) is 6.07 Å². The highest BCUT2D eigenvalue weighted by molar-refractivity contribution is 5.36. The van der Waals surface area contributed by atoms with Gasteiger partial charge in [-0.3, -0.25) is 4.90 Å². The average Bonchev–Trinajstić information content (AvgIpc) is 2.40. The van der Waals surface area contributed by atoms with Crippen LogP contribution in [0, 0.1) is 0 Å². The summed E-state index contributed by atoms with van der Waals surface area (Å²) in [5.74, 6) is 7.42. The molecule has 106 valence electrons. The molecule has 1 aromatic heterocycles. The lowest BCUT2D eigenvalue weighted by molar-refractivity contribution is 0.109. The number of hydrogen-bond donors (Lipinski definition) is 2. The maximum absolute atomic E-state index is 5.51. The predicted molar refractivity (Wildman–Crippen MR) is 76.8 cm³/mol. The Morgan fingerprint density at radius 3 is 2.68 bits per heavy atom. The van der Waals surface area contributed by atoms with Gasteiger partial charge in [0.1, 0.15) is 11.6 Å². The third-order valence-corrected chi connectivity index (χ3v) is 3.65. The molecule has 6 heteroatoms. The SMILES string of the molecule is CC(C)c1cc(NN)nc(C2CN(C)CCN2C)n1. The zero-order valence-electron chi connectivity index (χ0n) is 12.2. The van der Waals surface area contributed by atoms with E-state index in [9.17, 15) is 0 Å². The van der Waals surface area contributed by atoms with E-state index in [1.54, 1.807) is 0 Å². The van der Waals surface area contributed by atoms with Crippen molar-refractivity contribution in [1.82, 2.24) is 19.8 Å². The topological polar surface area (TPSA) is 70.3 Å². The summed E-state index contributed by atoms with van der Waals surface area (Å²) in [4.78, 5) is 13.9. The summed E-state index contributed by atoms with van der Waals surface area (Å²) in [6.07, 6.45) is 0. The second kappa shape index (κ2) is 5.81. The van der Waals surface area contributed by atoms with Gasteiger partial charge in [-0.15, -0.1) is 0 Å². The van der Waals surface area contributed by atoms with Gasteiger partial charge in [-0.1, -0.05) is 13.8 Å². The molecule has 19 heavy (non-hydrogen) atoms. The van der Waals surface area contributed by atoms with E-state index in [2.05, 4.69) is 48.2 Å². The van der Waals surface area contributed by atoms with Gasteiger partial charge in [0.05, 0.1) is 6.04 Å². The highest BCUT2D eigenvalue weighted by Gasteiger charge is 2.26. The van der Waals surface area contributed by atoms with Crippen molar-refractivity contribution >= 4 is 5.82 Å². The molecule has 0 bridgehead atoms. The van der Waals surface area contributed by atoms with Gasteiger partial charge in [-0.25, -0.2) is 15.8 Å². The number of aromatic nitrogens is 2. The summed E-state index contributed by atoms with van der Waals surface area (Å²) in [5.41, 5.74) is 3.67. The lowest BCUT2D eigenvalue weighted by Gasteiger charge is -2.36. The summed E-state index contributed by atoms with van der Waals surface area (Å²) in [7, 11) is 4.26. The minimum atomic E-state index is 0.226. The van der Waals surface area contributed by atoms with E-state index < -0.39 is 0 Å². The fourth-order valence-electron chi connectivity index (χ4n) is 2.29. The zero-order valence-corrected chi connectivity index (χ0v) is 12.2. The molecule has 2 heterocycles. The number of nitrogen functional groups attached to an aromatic ring is 1. The van der Waals surface area contributed by atoms with E-state index in [0.717, 1.165) is 31.2 Å². The van der Waals surface area contributed by atoms with E-state index in [1.165, 1.54) is 0 Å². The van der Waals surface area contributed by atoms with Gasteiger partial charge < -0.3 is 10.3 Å². The number of anilines is 1. The first-order chi connectivity index (χ1) is 9.01. The van der Waals surface area contributed by atoms with Crippen molar-refractivity contribution in [2.24, 2.45) is 5.84 Å². The van der Waals surface area contributed by atoms with E-state index in [-0.39, 0.29) is 6.04 Å². The molecule has 1 unspecified atom stereocenters. The molecule has 1 aromatic rings. The minimum absolute atomic E-state index is 0.226. The second-order valence-electron chi connectivity index (χ2n) is 5.59. The molecule has 0 aliphatic carbocycles. The summed E-state index contributed by atoms with van der Waals surface area (Å²) in [6.45, 7) is 7.31. The number of nitrogens with two attached hydrogens (primary N) is 1. The minimum Gasteiger partial charge on any atom is -0.308 e. The lowest BCUT2D eigenvalue weighted by atomic mass is 10.1. The molecule has 0 spiro atoms. The Kier molecular flexibility index (Phi) is 4.34. The van der Waals surface area contributed by atoms with Crippen molar-refractivity contribution in [2.75, 3.05) is 39.2 Å². The summed E-state index contributed by atoms with van der Waals surface area (Å²) in [5, 5.41) is 0. The Hall–Kier alpha value is -1.24. The van der Waals surface area contributed by atoms with E-state index in [1.807, 2.05) is 6.07 Å². The van der Waals surface area contributed by atoms with E-state index >= 15 is 0 Å². The van der Waals surface area contributed by atoms with Gasteiger partial charge in [-0.2, -0.15) is 0 Å². The summed E-state index contributed by atoms with van der Waals surface area (Å²) < 4.78 is 0. The van der Waals surface area contributed by atoms with Crippen LogP contribution in [-0.4, -0.2) is 53.5 Å². The van der Waals surface area contributed by atoms with Crippen molar-refractivity contribution < 1.29 is 0 Å². The first-order valence-corrected chi connectivity index (χ1v) is 6.75. The van der Waals surface area contributed by atoms with Gasteiger partial charge in [0.25, 0.3) is 0 Å². The first kappa shape index (κ1) is 14.2. The van der Waals surface area contributed by atoms with Crippen LogP contribution in [-0.2, 0) is 0 Å². The second-order valence-corrected chi connectivity index (χ2v) is 5.59. The van der Waals surface area contributed by atoms with Crippen LogP contribution in [0.4, 0.5) is 5.82 Å². The van der Waals surface area contributed by atoms with Crippen molar-refractivity contribution in [3.05, 3.63) is 17.6 Å². The average molecular weight is 264 g/mol. The number of hydrogen-bond acceptors (Lipinski definition) is 6. The Morgan fingerprint density at radius 2 is 2.05 bits per heavy atom. The van der Waals surface area contributed by atoms with Crippen molar-refractivity contribution in [2.45, 2.75) is 25.8 Å². The summed E-state index contributed by atoms with van der Waals surface area (Å²) in [6, 6.07) is 2.14. The first-order valence-electron chi connectivity index (χ1n) is 6.75. The molecular formula is C13H24N6. The van der Waals surface area contributed by atoms with Crippen molar-refractivity contribution in [1.29, 1.82) is 0 Å². The van der Waals surface area contributed by atoms with Crippen LogP contribution < -0.4 is 11.3 Å². The molecule has 3 N–H and O–H groups in total. The van der Waals surface area contributed by atoms with Crippen LogP contribution in [0.5, 0.6) is 0 Å². The Morgan fingerprint density at radius 1 is 1.32 bits per heavy atom. The normalized spacial score (nSPS) is 21.9. The van der Waals surface area contributed by atoms with Gasteiger partial charge in [-0.05, 0) is 20.0 Å². The maximum atomic E-state index is 5.51. The number of hydrazine groups is 1. The fraction of sp³-hybridized carbons (Fsp3) is 0.692. The number of rotatable bonds is 3. The zero-order chi connectivity index (χ0) is 14.0. The molecule has 0 aromatic carbocycles. The Labute approximate surface area is 115 Å². The molecule has 1 saturated heterocycles. The van der Waals surface area contributed by atoms with Crippen molar-refractivity contribution in [3.63, 3.8) is 0 Å². The molecule has 0 saturated carbocycles. The van der Waals surface area contributed by atoms with Crippen LogP contribution in [0.25, 0.3) is 0 Å². The fourth-order valence-corrected chi connectivity index (χ4v) is 2.29. The third kappa shape index (κ3) is 3.20. The maximum Gasteiger partial charge on any atom is 0.149 e. The Balaban J connectivity index is 2.34. The molecular weight excluding hydrogens is 240 g/mol. The van der Waals surface area contributed by atoms with Crippen LogP contribution in [0.3, 0.4) is 0 Å². The summed E-state index contributed by atoms with van der Waals surface area (Å²) >= 11 is 0. The highest BCUT2D eigenvalue weighted by Crippen LogP contribution is 2.24. The predicted octanol–water partition coefficient (Wildman–Crippen LogP) is 0.804. The standard InChI is InChI=1S/C13H24N6/c1-9(2)10-7-12(17-14)16-13(15-10)11-8-18(3)5-6-19(11)4/h7,9,11H,5-6,8,14H2,1-4H3,(H,15,16,17). The number of nitrogens with zero attached hydrogens (tertiary/aromatic N) is 4. The van der Waals surface area contributed by atoms with Crippen LogP contribution >= 0.6 is 0 Å². The van der Waals surface area contributed by atoms with Gasteiger partial charge in [0.15, 0.2) is 0 Å². The molecule has 1 atom stereocenters. The van der Waals surface area contributed by atoms with Gasteiger partial charge in [0, 0.05) is 31.4 Å². The van der Waals surface area contributed by atoms with Gasteiger partial charge >= 0.3 is 0 Å². The quantitative estimate of drug-likeness (QED) is 0.622. The van der Waals surface area contributed by atoms with Crippen LogP contribution in [0.1, 0.15) is 37.3 Å². The monoisotopic (exact) mass is 264 g/mol. The molecule has 0 radical (unpaired) electrons. The smallest absolute Gasteiger partial charge is 0.149 e. The van der Waals surface area contributed by atoms with E-state index in [4.69, 9.17) is 10.8 Å². The highest BCUT2D eigenvalue weighted by atomic mass is 15.3. The number of nitrogens with one attached hydrogen (secondary N) is 1.